The van der Waals surface area contributed by atoms with Crippen LogP contribution in [0.3, 0.4) is 0 Å². The first-order valence-electron chi connectivity index (χ1n) is 7.56. The molecule has 0 spiro atoms. The Bertz CT molecular complexity index is 695. The molecule has 5 heteroatoms. The lowest BCUT2D eigenvalue weighted by molar-refractivity contribution is 0.101. The standard InChI is InChI=1S/C17H20FN3O/c1-12(22)17-15(18)4-3-5-16(17)21-7-6-13(11-21)8-14-9-19-20(2)10-14/h3-5,9-10,13H,6-8,11H2,1-2H3. The van der Waals surface area contributed by atoms with Gasteiger partial charge in [-0.25, -0.2) is 4.39 Å². The van der Waals surface area contributed by atoms with Gasteiger partial charge in [-0.1, -0.05) is 6.07 Å². The van der Waals surface area contributed by atoms with E-state index in [-0.39, 0.29) is 11.3 Å². The fourth-order valence-electron chi connectivity index (χ4n) is 3.25. The highest BCUT2D eigenvalue weighted by molar-refractivity contribution is 6.00. The van der Waals surface area contributed by atoms with Crippen molar-refractivity contribution in [3.05, 3.63) is 47.5 Å². The number of carbonyl (C=O) groups is 1. The van der Waals surface area contributed by atoms with Crippen LogP contribution in [-0.2, 0) is 13.5 Å². The van der Waals surface area contributed by atoms with Gasteiger partial charge in [0, 0.05) is 26.3 Å². The molecule has 0 amide bonds. The summed E-state index contributed by atoms with van der Waals surface area (Å²) in [6, 6.07) is 4.86. The Morgan fingerprint density at radius 2 is 2.27 bits per heavy atom. The predicted octanol–water partition coefficient (Wildman–Crippen LogP) is 2.83. The lowest BCUT2D eigenvalue weighted by Crippen LogP contribution is -2.23. The third-order valence-corrected chi connectivity index (χ3v) is 4.25. The number of halogens is 1. The van der Waals surface area contributed by atoms with E-state index in [1.165, 1.54) is 18.6 Å². The van der Waals surface area contributed by atoms with Crippen LogP contribution in [0.15, 0.2) is 30.6 Å². The van der Waals surface area contributed by atoms with E-state index in [9.17, 15) is 9.18 Å². The van der Waals surface area contributed by atoms with E-state index < -0.39 is 5.82 Å². The zero-order chi connectivity index (χ0) is 15.7. The molecule has 2 heterocycles. The Labute approximate surface area is 129 Å². The van der Waals surface area contributed by atoms with Crippen molar-refractivity contribution in [3.63, 3.8) is 0 Å². The van der Waals surface area contributed by atoms with Crippen molar-refractivity contribution in [2.24, 2.45) is 13.0 Å². The van der Waals surface area contributed by atoms with E-state index >= 15 is 0 Å². The second kappa shape index (κ2) is 5.91. The van der Waals surface area contributed by atoms with Gasteiger partial charge in [0.05, 0.1) is 17.4 Å². The van der Waals surface area contributed by atoms with Crippen LogP contribution in [0, 0.1) is 11.7 Å². The molecule has 1 aromatic carbocycles. The Kier molecular flexibility index (Phi) is 3.96. The Morgan fingerprint density at radius 3 is 2.95 bits per heavy atom. The summed E-state index contributed by atoms with van der Waals surface area (Å²) < 4.78 is 15.8. The molecule has 1 aromatic heterocycles. The van der Waals surface area contributed by atoms with E-state index in [2.05, 4.69) is 10.00 Å². The molecule has 1 aliphatic heterocycles. The van der Waals surface area contributed by atoms with Crippen LogP contribution in [0.1, 0.15) is 29.3 Å². The molecule has 1 unspecified atom stereocenters. The topological polar surface area (TPSA) is 38.1 Å². The average molecular weight is 301 g/mol. The van der Waals surface area contributed by atoms with Crippen LogP contribution in [-0.4, -0.2) is 28.7 Å². The van der Waals surface area contributed by atoms with E-state index in [0.717, 1.165) is 31.6 Å². The SMILES string of the molecule is CC(=O)c1c(F)cccc1N1CCC(Cc2cnn(C)c2)C1. The molecule has 1 aliphatic rings. The third-order valence-electron chi connectivity index (χ3n) is 4.25. The van der Waals surface area contributed by atoms with Crippen LogP contribution in [0.25, 0.3) is 0 Å². The highest BCUT2D eigenvalue weighted by Crippen LogP contribution is 2.30. The van der Waals surface area contributed by atoms with Gasteiger partial charge in [-0.05, 0) is 43.4 Å². The molecule has 116 valence electrons. The smallest absolute Gasteiger partial charge is 0.164 e. The molecule has 0 aliphatic carbocycles. The minimum absolute atomic E-state index is 0.213. The fraction of sp³-hybridized carbons (Fsp3) is 0.412. The second-order valence-corrected chi connectivity index (χ2v) is 6.02. The lowest BCUT2D eigenvalue weighted by atomic mass is 10.0. The number of benzene rings is 1. The number of aromatic nitrogens is 2. The number of rotatable bonds is 4. The third kappa shape index (κ3) is 2.89. The molecule has 1 fully saturated rings. The fourth-order valence-corrected chi connectivity index (χ4v) is 3.25. The van der Waals surface area contributed by atoms with Crippen LogP contribution in [0.2, 0.25) is 0 Å². The minimum atomic E-state index is -0.430. The van der Waals surface area contributed by atoms with Crippen molar-refractivity contribution >= 4 is 11.5 Å². The first kappa shape index (κ1) is 14.8. The zero-order valence-corrected chi connectivity index (χ0v) is 12.9. The summed E-state index contributed by atoms with van der Waals surface area (Å²) in [5, 5.41) is 4.19. The first-order valence-corrected chi connectivity index (χ1v) is 7.56. The first-order chi connectivity index (χ1) is 10.5. The molecule has 1 atom stereocenters. The maximum atomic E-state index is 13.9. The molecule has 0 saturated carbocycles. The van der Waals surface area contributed by atoms with Crippen LogP contribution >= 0.6 is 0 Å². The molecule has 0 N–H and O–H groups in total. The van der Waals surface area contributed by atoms with Gasteiger partial charge in [-0.3, -0.25) is 9.48 Å². The predicted molar refractivity (Wildman–Crippen MR) is 83.6 cm³/mol. The molecular formula is C17H20FN3O. The van der Waals surface area contributed by atoms with E-state index in [1.54, 1.807) is 6.07 Å². The maximum absolute atomic E-state index is 13.9. The quantitative estimate of drug-likeness (QED) is 0.815. The number of nitrogens with zero attached hydrogens (tertiary/aromatic N) is 3. The summed E-state index contributed by atoms with van der Waals surface area (Å²) in [6.07, 6.45) is 5.94. The second-order valence-electron chi connectivity index (χ2n) is 6.02. The molecular weight excluding hydrogens is 281 g/mol. The van der Waals surface area contributed by atoms with Gasteiger partial charge in [0.2, 0.25) is 0 Å². The molecule has 1 saturated heterocycles. The zero-order valence-electron chi connectivity index (χ0n) is 12.9. The number of aryl methyl sites for hydroxylation is 1. The van der Waals surface area contributed by atoms with Gasteiger partial charge in [0.15, 0.2) is 5.78 Å². The summed E-state index contributed by atoms with van der Waals surface area (Å²) in [4.78, 5) is 13.9. The molecule has 3 rings (SSSR count). The van der Waals surface area contributed by atoms with Gasteiger partial charge in [-0.2, -0.15) is 5.10 Å². The number of ketones is 1. The van der Waals surface area contributed by atoms with Crippen molar-refractivity contribution in [1.82, 2.24) is 9.78 Å². The molecule has 22 heavy (non-hydrogen) atoms. The van der Waals surface area contributed by atoms with E-state index in [0.29, 0.717) is 5.92 Å². The Hall–Kier alpha value is -2.17. The van der Waals surface area contributed by atoms with Crippen molar-refractivity contribution < 1.29 is 9.18 Å². The van der Waals surface area contributed by atoms with E-state index in [4.69, 9.17) is 0 Å². The van der Waals surface area contributed by atoms with Gasteiger partial charge in [0.25, 0.3) is 0 Å². The van der Waals surface area contributed by atoms with Gasteiger partial charge < -0.3 is 4.90 Å². The number of anilines is 1. The summed E-state index contributed by atoms with van der Waals surface area (Å²) in [5.41, 5.74) is 2.16. The molecule has 4 nitrogen and oxygen atoms in total. The highest BCUT2D eigenvalue weighted by Gasteiger charge is 2.26. The Balaban J connectivity index is 1.75. The summed E-state index contributed by atoms with van der Waals surface area (Å²) in [5.74, 6) is -0.142. The lowest BCUT2D eigenvalue weighted by Gasteiger charge is -2.21. The van der Waals surface area contributed by atoms with Crippen molar-refractivity contribution in [3.8, 4) is 0 Å². The van der Waals surface area contributed by atoms with Crippen LogP contribution < -0.4 is 4.90 Å². The summed E-state index contributed by atoms with van der Waals surface area (Å²) in [6.45, 7) is 3.12. The van der Waals surface area contributed by atoms with Gasteiger partial charge in [0.1, 0.15) is 5.82 Å². The maximum Gasteiger partial charge on any atom is 0.164 e. The summed E-state index contributed by atoms with van der Waals surface area (Å²) in [7, 11) is 1.91. The minimum Gasteiger partial charge on any atom is -0.371 e. The van der Waals surface area contributed by atoms with Gasteiger partial charge >= 0.3 is 0 Å². The number of carbonyl (C=O) groups excluding carboxylic acids is 1. The van der Waals surface area contributed by atoms with Crippen LogP contribution in [0.5, 0.6) is 0 Å². The number of Topliss-reactive ketones (excluding diaryl/α,β-unsaturated/α-hetero) is 1. The normalized spacial score (nSPS) is 18.0. The largest absolute Gasteiger partial charge is 0.371 e. The molecule has 2 aromatic rings. The van der Waals surface area contributed by atoms with Crippen molar-refractivity contribution in [2.75, 3.05) is 18.0 Å². The number of hydrogen-bond acceptors (Lipinski definition) is 3. The number of hydrogen-bond donors (Lipinski definition) is 0. The van der Waals surface area contributed by atoms with Gasteiger partial charge in [-0.15, -0.1) is 0 Å². The monoisotopic (exact) mass is 301 g/mol. The van der Waals surface area contributed by atoms with Crippen LogP contribution in [0.4, 0.5) is 10.1 Å². The van der Waals surface area contributed by atoms with Crippen molar-refractivity contribution in [2.45, 2.75) is 19.8 Å². The Morgan fingerprint density at radius 1 is 1.45 bits per heavy atom. The highest BCUT2D eigenvalue weighted by atomic mass is 19.1. The molecule has 0 bridgehead atoms. The van der Waals surface area contributed by atoms with Crippen molar-refractivity contribution in [1.29, 1.82) is 0 Å². The van der Waals surface area contributed by atoms with E-state index in [1.807, 2.05) is 30.2 Å². The molecule has 0 radical (unpaired) electrons. The average Bonchev–Trinajstić information content (AvgIpc) is 3.08. The summed E-state index contributed by atoms with van der Waals surface area (Å²) >= 11 is 0.